The molecule has 22 nitrogen and oxygen atoms in total. The summed E-state index contributed by atoms with van der Waals surface area (Å²) in [6.45, 7) is 6.58. The number of nitrogens with two attached hydrogens (primary N) is 1. The van der Waals surface area contributed by atoms with E-state index in [1.54, 1.807) is 0 Å². The van der Waals surface area contributed by atoms with E-state index in [9.17, 15) is 63.6 Å². The minimum Gasteiger partial charge on any atom is -0.756 e. The lowest BCUT2D eigenvalue weighted by atomic mass is 9.85. The van der Waals surface area contributed by atoms with E-state index in [0.29, 0.717) is 32.1 Å². The van der Waals surface area contributed by atoms with Gasteiger partial charge in [0.1, 0.15) is 49.8 Å². The van der Waals surface area contributed by atoms with Gasteiger partial charge in [-0.25, -0.2) is 0 Å². The number of allylic oxidation sites excluding steroid dienone is 16. The minimum atomic E-state index is -5.38. The molecule has 8 atom stereocenters. The van der Waals surface area contributed by atoms with Gasteiger partial charge < -0.3 is 78.1 Å². The van der Waals surface area contributed by atoms with Crippen molar-refractivity contribution in [3.8, 4) is 0 Å². The van der Waals surface area contributed by atoms with Crippen molar-refractivity contribution in [3.63, 3.8) is 0 Å². The summed E-state index contributed by atoms with van der Waals surface area (Å²) in [5.74, 6) is -2.13. The number of hydrogen-bond donors (Lipinski definition) is 6. The molecule has 24 heteroatoms. The minimum absolute atomic E-state index is 0.00433. The molecule has 1 aliphatic carbocycles. The Balaban J connectivity index is 0.00000226. The Morgan fingerprint density at radius 1 is 0.316 bits per heavy atom. The summed E-state index contributed by atoms with van der Waals surface area (Å²) in [4.78, 5) is 74.9. The number of phosphoric ester groups is 2. The van der Waals surface area contributed by atoms with Crippen LogP contribution in [0.4, 0.5) is 0 Å². The first-order chi connectivity index (χ1) is 55.3. The van der Waals surface area contributed by atoms with E-state index in [1.807, 2.05) is 18.2 Å². The Hall–Kier alpha value is -4.22. The summed E-state index contributed by atoms with van der Waals surface area (Å²) in [6.07, 6.45) is 73.9. The average Bonchev–Trinajstić information content (AvgIpc) is 0.790. The van der Waals surface area contributed by atoms with Gasteiger partial charge in [-0.2, -0.15) is 0 Å². The maximum Gasteiger partial charge on any atom is 0.306 e. The lowest BCUT2D eigenvalue weighted by Gasteiger charge is -2.43. The molecule has 0 heterocycles. The second kappa shape index (κ2) is 79.9. The lowest BCUT2D eigenvalue weighted by Crippen LogP contribution is -2.64. The Bertz CT molecular complexity index is 2610. The van der Waals surface area contributed by atoms with Gasteiger partial charge in [-0.15, -0.1) is 0 Å². The van der Waals surface area contributed by atoms with Crippen molar-refractivity contribution in [1.82, 2.24) is 0 Å². The summed E-state index contributed by atoms with van der Waals surface area (Å²) in [6, 6.07) is 0. The standard InChI is InChI=1S/C47H83O13P.C43H78NO8P/c1-3-5-7-9-11-13-15-17-19-20-22-24-26-28-30-32-34-36-41(49)59-39(38-58-61(55,56)60-47-45(53)43(51)42(50)44(52)46(47)54)37-57-40(48)35-33-31-29-27-25-23-21-18-16-14-12-10-8-6-4-2;1-3-5-7-9-11-13-15-17-19-20-22-24-26-28-30-32-34-36-43(46)52-41(40-51-53(47,48)50-38-37-44)39-49-42(45)35-33-31-29-27-25-23-21-18-16-14-12-10-8-6-4-2/h11,13,17,19,22,24,28,30,39,42-47,50-54H,3-10,12,14-16,18,20-21,23,25-27,29,31-38H2,1-2H3,(H,55,56);11,13,17,19,22,24,28,30,41H,3-10,12,14-16,18,20-21,23,25-27,29,31-40,44H2,1-2H3,(H,47,48)/p-2/b2*13-11-,19-17-,24-22-,30-28-. The fourth-order valence-electron chi connectivity index (χ4n) is 12.4. The highest BCUT2D eigenvalue weighted by atomic mass is 31.2. The molecular formula is C90H159NO21P2-2. The van der Waals surface area contributed by atoms with Gasteiger partial charge in [-0.05, 0) is 103 Å². The number of rotatable bonds is 77. The molecule has 662 valence electrons. The highest BCUT2D eigenvalue weighted by Crippen LogP contribution is 2.43. The second-order valence-electron chi connectivity index (χ2n) is 30.1. The quantitative estimate of drug-likeness (QED) is 0.0108. The molecule has 0 bridgehead atoms. The molecule has 1 rings (SSSR count). The largest absolute Gasteiger partial charge is 0.756 e. The predicted molar refractivity (Wildman–Crippen MR) is 455 cm³/mol. The third-order valence-corrected chi connectivity index (χ3v) is 21.3. The number of esters is 4. The maximum absolute atomic E-state index is 12.7. The molecule has 0 radical (unpaired) electrons. The molecule has 0 saturated heterocycles. The van der Waals surface area contributed by atoms with Gasteiger partial charge in [-0.3, -0.25) is 28.3 Å². The van der Waals surface area contributed by atoms with Crippen molar-refractivity contribution in [3.05, 3.63) is 97.2 Å². The molecule has 1 aliphatic rings. The van der Waals surface area contributed by atoms with Crippen LogP contribution in [0.5, 0.6) is 0 Å². The van der Waals surface area contributed by atoms with Gasteiger partial charge in [0, 0.05) is 32.2 Å². The Labute approximate surface area is 689 Å². The van der Waals surface area contributed by atoms with Crippen molar-refractivity contribution < 1.29 is 101 Å². The normalized spacial score (nSPS) is 18.4. The van der Waals surface area contributed by atoms with Crippen molar-refractivity contribution in [2.24, 2.45) is 5.73 Å². The molecule has 0 aromatic heterocycles. The summed E-state index contributed by atoms with van der Waals surface area (Å²) < 4.78 is 65.4. The second-order valence-corrected chi connectivity index (χ2v) is 32.9. The Morgan fingerprint density at radius 2 is 0.561 bits per heavy atom. The molecule has 0 aromatic carbocycles. The topological polar surface area (TPSA) is 350 Å². The van der Waals surface area contributed by atoms with Crippen molar-refractivity contribution >= 4 is 39.5 Å². The van der Waals surface area contributed by atoms with E-state index in [0.717, 1.165) is 83.5 Å². The van der Waals surface area contributed by atoms with Gasteiger partial charge >= 0.3 is 23.9 Å². The Kier molecular flexibility index (Phi) is 76.9. The van der Waals surface area contributed by atoms with Gasteiger partial charge in [0.25, 0.3) is 15.6 Å². The molecule has 0 aromatic rings. The summed E-state index contributed by atoms with van der Waals surface area (Å²) in [5, 5.41) is 50.0. The highest BCUT2D eigenvalue weighted by molar-refractivity contribution is 7.46. The third kappa shape index (κ3) is 70.8. The van der Waals surface area contributed by atoms with E-state index in [2.05, 4.69) is 111 Å². The molecule has 0 aliphatic heterocycles. The fraction of sp³-hybridized carbons (Fsp3) is 0.778. The number of unbranched alkanes of at least 4 members (excludes halogenated alkanes) is 36. The monoisotopic (exact) mass is 1650 g/mol. The van der Waals surface area contributed by atoms with Crippen molar-refractivity contribution in [2.75, 3.05) is 39.6 Å². The van der Waals surface area contributed by atoms with Gasteiger partial charge in [-0.1, -0.05) is 330 Å². The van der Waals surface area contributed by atoms with Gasteiger partial charge in [0.05, 0.1) is 19.8 Å². The van der Waals surface area contributed by atoms with E-state index in [1.165, 1.54) is 193 Å². The van der Waals surface area contributed by atoms with E-state index in [4.69, 9.17) is 38.3 Å². The molecular weight excluding hydrogens is 1490 g/mol. The van der Waals surface area contributed by atoms with Crippen LogP contribution in [0.25, 0.3) is 0 Å². The van der Waals surface area contributed by atoms with Crippen molar-refractivity contribution in [1.29, 1.82) is 0 Å². The van der Waals surface area contributed by atoms with Gasteiger partial charge in [0.15, 0.2) is 12.2 Å². The lowest BCUT2D eigenvalue weighted by molar-refractivity contribution is -0.261. The first kappa shape index (κ1) is 110. The third-order valence-electron chi connectivity index (χ3n) is 19.4. The number of phosphoric acid groups is 2. The molecule has 8 unspecified atom stereocenters. The number of carbonyl (C=O) groups is 4. The van der Waals surface area contributed by atoms with Crippen LogP contribution in [-0.2, 0) is 65.4 Å². The Morgan fingerprint density at radius 3 is 0.860 bits per heavy atom. The molecule has 7 N–H and O–H groups in total. The summed E-state index contributed by atoms with van der Waals surface area (Å²) in [7, 11) is -10.0. The maximum atomic E-state index is 12.7. The SMILES string of the molecule is CCCCC/C=C\C/C=C\C/C=C\C/C=C\CCCC(=O)OC(COC(=O)CCCCCCCCCCCCCCCCC)COP(=O)([O-])OC1C(O)C(O)C(O)C(O)C1O.CCCCC/C=C\C/C=C\C/C=C\C/C=C\CCCC(=O)OC(COC(=O)CCCCCCCCCCCCCCCCC)COP(=O)([O-])OCCN. The van der Waals surface area contributed by atoms with Crippen LogP contribution in [0, 0.1) is 0 Å². The van der Waals surface area contributed by atoms with Crippen LogP contribution in [0.15, 0.2) is 97.2 Å². The van der Waals surface area contributed by atoms with Crippen molar-refractivity contribution in [2.45, 2.75) is 410 Å². The van der Waals surface area contributed by atoms with Gasteiger partial charge in [0.2, 0.25) is 0 Å². The first-order valence-corrected chi connectivity index (χ1v) is 47.4. The zero-order valence-electron chi connectivity index (χ0n) is 71.1. The van der Waals surface area contributed by atoms with Crippen LogP contribution >= 0.6 is 15.6 Å². The number of aliphatic hydroxyl groups excluding tert-OH is 5. The van der Waals surface area contributed by atoms with Crippen LogP contribution < -0.4 is 15.5 Å². The molecule has 1 fully saturated rings. The smallest absolute Gasteiger partial charge is 0.306 e. The zero-order chi connectivity index (χ0) is 83.9. The average molecular weight is 1650 g/mol. The predicted octanol–water partition coefficient (Wildman–Crippen LogP) is 19.8. The zero-order valence-corrected chi connectivity index (χ0v) is 72.9. The van der Waals surface area contributed by atoms with E-state index in [-0.39, 0.29) is 45.4 Å². The highest BCUT2D eigenvalue weighted by Gasteiger charge is 2.50. The van der Waals surface area contributed by atoms with E-state index < -0.39 is 108 Å². The van der Waals surface area contributed by atoms with Crippen LogP contribution in [0.2, 0.25) is 0 Å². The molecule has 0 amide bonds. The molecule has 114 heavy (non-hydrogen) atoms. The molecule has 0 spiro atoms. The fourth-order valence-corrected chi connectivity index (χ4v) is 14.1. The molecule has 1 saturated carbocycles. The summed E-state index contributed by atoms with van der Waals surface area (Å²) >= 11 is 0. The van der Waals surface area contributed by atoms with E-state index >= 15 is 0 Å². The van der Waals surface area contributed by atoms with Crippen LogP contribution in [0.1, 0.15) is 362 Å². The number of hydrogen-bond acceptors (Lipinski definition) is 22. The number of ether oxygens (including phenoxy) is 4. The first-order valence-electron chi connectivity index (χ1n) is 44.5. The number of aliphatic hydroxyl groups is 5. The summed E-state index contributed by atoms with van der Waals surface area (Å²) in [5.41, 5.74) is 5.31. The van der Waals surface area contributed by atoms with Crippen LogP contribution in [-0.4, -0.2) is 138 Å². The van der Waals surface area contributed by atoms with Crippen LogP contribution in [0.3, 0.4) is 0 Å². The number of carbonyl (C=O) groups excluding carboxylic acids is 4.